The van der Waals surface area contributed by atoms with E-state index >= 15 is 0 Å². The lowest BCUT2D eigenvalue weighted by molar-refractivity contribution is -0.384. The first-order chi connectivity index (χ1) is 13.4. The van der Waals surface area contributed by atoms with Crippen LogP contribution in [0, 0.1) is 10.1 Å². The van der Waals surface area contributed by atoms with Crippen LogP contribution in [0.5, 0.6) is 0 Å². The number of hydrogen-bond acceptors (Lipinski definition) is 5. The van der Waals surface area contributed by atoms with Gasteiger partial charge in [-0.25, -0.2) is 0 Å². The standard InChI is InChI=1S/C19H16Cl3N3O3/c20-12-1-4-15(16(21)9-12)19-6-3-14(28-19)11-23-7-8-24-18-5-2-13(25(26)27)10-17(18)22/h1-6,9-10,23-24H,7-8,11H2. The number of nitro benzene ring substituents is 1. The summed E-state index contributed by atoms with van der Waals surface area (Å²) in [5, 5.41) is 18.5. The molecule has 146 valence electrons. The molecule has 0 aliphatic carbocycles. The number of anilines is 1. The highest BCUT2D eigenvalue weighted by Gasteiger charge is 2.10. The van der Waals surface area contributed by atoms with Gasteiger partial charge in [-0.3, -0.25) is 10.1 Å². The van der Waals surface area contributed by atoms with Crippen LogP contribution >= 0.6 is 34.8 Å². The third-order valence-corrected chi connectivity index (χ3v) is 4.80. The van der Waals surface area contributed by atoms with Crippen molar-refractivity contribution in [1.29, 1.82) is 0 Å². The number of benzene rings is 2. The smallest absolute Gasteiger partial charge is 0.271 e. The van der Waals surface area contributed by atoms with Crippen molar-refractivity contribution in [2.45, 2.75) is 6.54 Å². The van der Waals surface area contributed by atoms with Gasteiger partial charge in [0.15, 0.2) is 0 Å². The highest BCUT2D eigenvalue weighted by atomic mass is 35.5. The van der Waals surface area contributed by atoms with Crippen LogP contribution in [-0.4, -0.2) is 18.0 Å². The molecule has 6 nitrogen and oxygen atoms in total. The van der Waals surface area contributed by atoms with Crippen molar-refractivity contribution in [2.24, 2.45) is 0 Å². The largest absolute Gasteiger partial charge is 0.460 e. The first-order valence-corrected chi connectivity index (χ1v) is 9.50. The van der Waals surface area contributed by atoms with Crippen molar-refractivity contribution in [3.8, 4) is 11.3 Å². The molecule has 0 fully saturated rings. The van der Waals surface area contributed by atoms with Crippen molar-refractivity contribution in [1.82, 2.24) is 5.32 Å². The molecule has 0 atom stereocenters. The van der Waals surface area contributed by atoms with Crippen molar-refractivity contribution < 1.29 is 9.34 Å². The van der Waals surface area contributed by atoms with Gasteiger partial charge < -0.3 is 15.1 Å². The number of nitrogens with zero attached hydrogens (tertiary/aromatic N) is 1. The summed E-state index contributed by atoms with van der Waals surface area (Å²) in [7, 11) is 0. The zero-order valence-electron chi connectivity index (χ0n) is 14.5. The summed E-state index contributed by atoms with van der Waals surface area (Å²) in [5.41, 5.74) is 1.39. The lowest BCUT2D eigenvalue weighted by atomic mass is 10.2. The molecule has 0 aliphatic rings. The minimum atomic E-state index is -0.480. The van der Waals surface area contributed by atoms with E-state index in [-0.39, 0.29) is 5.69 Å². The Bertz CT molecular complexity index is 992. The van der Waals surface area contributed by atoms with Gasteiger partial charge in [-0.2, -0.15) is 0 Å². The summed E-state index contributed by atoms with van der Waals surface area (Å²) in [5.74, 6) is 1.45. The minimum Gasteiger partial charge on any atom is -0.460 e. The second kappa shape index (κ2) is 9.30. The highest BCUT2D eigenvalue weighted by Crippen LogP contribution is 2.31. The van der Waals surface area contributed by atoms with Crippen LogP contribution in [0.3, 0.4) is 0 Å². The van der Waals surface area contributed by atoms with Gasteiger partial charge in [0.1, 0.15) is 11.5 Å². The molecule has 3 aromatic rings. The molecular weight excluding hydrogens is 425 g/mol. The average molecular weight is 441 g/mol. The van der Waals surface area contributed by atoms with E-state index in [0.717, 1.165) is 11.3 Å². The molecule has 0 radical (unpaired) electrons. The van der Waals surface area contributed by atoms with Gasteiger partial charge in [0.25, 0.3) is 5.69 Å². The van der Waals surface area contributed by atoms with E-state index < -0.39 is 4.92 Å². The molecular formula is C19H16Cl3N3O3. The van der Waals surface area contributed by atoms with Crippen molar-refractivity contribution >= 4 is 46.2 Å². The number of nitrogens with one attached hydrogen (secondary N) is 2. The molecule has 0 saturated carbocycles. The van der Waals surface area contributed by atoms with Crippen molar-refractivity contribution in [2.75, 3.05) is 18.4 Å². The third kappa shape index (κ3) is 5.17. The zero-order chi connectivity index (χ0) is 20.1. The third-order valence-electron chi connectivity index (χ3n) is 3.94. The van der Waals surface area contributed by atoms with Crippen LogP contribution in [-0.2, 0) is 6.54 Å². The number of non-ortho nitro benzene ring substituents is 1. The first kappa shape index (κ1) is 20.5. The van der Waals surface area contributed by atoms with Crippen LogP contribution < -0.4 is 10.6 Å². The summed E-state index contributed by atoms with van der Waals surface area (Å²) in [6.45, 7) is 1.78. The average Bonchev–Trinajstić information content (AvgIpc) is 3.11. The van der Waals surface area contributed by atoms with E-state index in [0.29, 0.717) is 46.1 Å². The van der Waals surface area contributed by atoms with Crippen LogP contribution in [0.15, 0.2) is 52.9 Å². The summed E-state index contributed by atoms with van der Waals surface area (Å²) in [6, 6.07) is 13.3. The molecule has 0 saturated heterocycles. The fraction of sp³-hybridized carbons (Fsp3) is 0.158. The molecule has 0 aliphatic heterocycles. The molecule has 2 N–H and O–H groups in total. The van der Waals surface area contributed by atoms with Gasteiger partial charge in [-0.1, -0.05) is 34.8 Å². The van der Waals surface area contributed by atoms with Gasteiger partial charge >= 0.3 is 0 Å². The molecule has 9 heteroatoms. The number of rotatable bonds is 8. The Labute approximate surface area is 176 Å². The van der Waals surface area contributed by atoms with E-state index in [1.165, 1.54) is 12.1 Å². The molecule has 28 heavy (non-hydrogen) atoms. The molecule has 0 spiro atoms. The van der Waals surface area contributed by atoms with E-state index in [1.54, 1.807) is 18.2 Å². The summed E-state index contributed by atoms with van der Waals surface area (Å²) < 4.78 is 5.81. The predicted octanol–water partition coefficient (Wildman–Crippen LogP) is 6.02. The van der Waals surface area contributed by atoms with Gasteiger partial charge in [0.2, 0.25) is 0 Å². The monoisotopic (exact) mass is 439 g/mol. The summed E-state index contributed by atoms with van der Waals surface area (Å²) >= 11 is 18.2. The maximum atomic E-state index is 10.7. The minimum absolute atomic E-state index is 0.0388. The van der Waals surface area contributed by atoms with Crippen molar-refractivity contribution in [3.05, 3.63) is 79.5 Å². The Kier molecular flexibility index (Phi) is 6.80. The molecule has 1 heterocycles. The molecule has 2 aromatic carbocycles. The van der Waals surface area contributed by atoms with Gasteiger partial charge in [-0.05, 0) is 36.4 Å². The first-order valence-electron chi connectivity index (χ1n) is 8.36. The van der Waals surface area contributed by atoms with E-state index in [2.05, 4.69) is 10.6 Å². The zero-order valence-corrected chi connectivity index (χ0v) is 16.8. The van der Waals surface area contributed by atoms with E-state index in [9.17, 15) is 10.1 Å². The normalized spacial score (nSPS) is 10.8. The molecule has 0 unspecified atom stereocenters. The Balaban J connectivity index is 1.47. The fourth-order valence-electron chi connectivity index (χ4n) is 2.57. The molecule has 3 rings (SSSR count). The Morgan fingerprint density at radius 1 is 0.964 bits per heavy atom. The topological polar surface area (TPSA) is 80.3 Å². The molecule has 0 bridgehead atoms. The van der Waals surface area contributed by atoms with Gasteiger partial charge in [-0.15, -0.1) is 0 Å². The lowest BCUT2D eigenvalue weighted by Gasteiger charge is -2.08. The molecule has 1 aromatic heterocycles. The Morgan fingerprint density at radius 2 is 1.79 bits per heavy atom. The number of furan rings is 1. The van der Waals surface area contributed by atoms with Crippen LogP contribution in [0.1, 0.15) is 5.76 Å². The Morgan fingerprint density at radius 3 is 2.50 bits per heavy atom. The lowest BCUT2D eigenvalue weighted by Crippen LogP contribution is -2.21. The van der Waals surface area contributed by atoms with Crippen LogP contribution in [0.4, 0.5) is 11.4 Å². The van der Waals surface area contributed by atoms with Gasteiger partial charge in [0.05, 0.1) is 27.2 Å². The SMILES string of the molecule is O=[N+]([O-])c1ccc(NCCNCc2ccc(-c3ccc(Cl)cc3Cl)o2)c(Cl)c1. The summed E-state index contributed by atoms with van der Waals surface area (Å²) in [6.07, 6.45) is 0. The van der Waals surface area contributed by atoms with Gasteiger partial charge in [0, 0.05) is 35.8 Å². The maximum absolute atomic E-state index is 10.7. The second-order valence-electron chi connectivity index (χ2n) is 5.91. The number of nitro groups is 1. The molecule has 0 amide bonds. The fourth-order valence-corrected chi connectivity index (χ4v) is 3.31. The number of halogens is 3. The van der Waals surface area contributed by atoms with E-state index in [1.807, 2.05) is 18.2 Å². The second-order valence-corrected chi connectivity index (χ2v) is 7.17. The van der Waals surface area contributed by atoms with E-state index in [4.69, 9.17) is 39.2 Å². The Hall–Kier alpha value is -2.25. The van der Waals surface area contributed by atoms with Crippen LogP contribution in [0.25, 0.3) is 11.3 Å². The number of hydrogen-bond donors (Lipinski definition) is 2. The highest BCUT2D eigenvalue weighted by molar-refractivity contribution is 6.36. The van der Waals surface area contributed by atoms with Crippen molar-refractivity contribution in [3.63, 3.8) is 0 Å². The quantitative estimate of drug-likeness (QED) is 0.254. The van der Waals surface area contributed by atoms with Crippen LogP contribution in [0.2, 0.25) is 15.1 Å². The predicted molar refractivity (Wildman–Crippen MR) is 112 cm³/mol. The maximum Gasteiger partial charge on any atom is 0.271 e. The summed E-state index contributed by atoms with van der Waals surface area (Å²) in [4.78, 5) is 10.2.